The molecule has 0 saturated carbocycles. The summed E-state index contributed by atoms with van der Waals surface area (Å²) in [5.74, 6) is 0.171. The van der Waals surface area contributed by atoms with E-state index >= 15 is 0 Å². The topological polar surface area (TPSA) is 76.2 Å². The largest absolute Gasteiger partial charge is 0.481 e. The fourth-order valence-electron chi connectivity index (χ4n) is 1.98. The molecule has 0 bridgehead atoms. The van der Waals surface area contributed by atoms with Gasteiger partial charge in [-0.15, -0.1) is 32.9 Å². The molecule has 0 amide bonds. The summed E-state index contributed by atoms with van der Waals surface area (Å²) in [6.07, 6.45) is 0.589. The van der Waals surface area contributed by atoms with Crippen molar-refractivity contribution >= 4 is 38.0 Å². The van der Waals surface area contributed by atoms with E-state index in [-0.39, 0.29) is 12.3 Å². The van der Waals surface area contributed by atoms with Gasteiger partial charge in [0.15, 0.2) is 0 Å². The molecule has 3 aromatic rings. The fraction of sp³-hybridized carbons (Fsp3) is 0.308. The molecule has 1 unspecified atom stereocenters. The standard InChI is InChI=1S/C13H12N2O3S2/c1-7(5-12(16)17)4-11-14-15-13(18-11)10-6-9-8(20-10)2-3-19-9/h2-3,6-7H,4-5H2,1H3,(H,16,17). The summed E-state index contributed by atoms with van der Waals surface area (Å²) in [7, 11) is 0. The van der Waals surface area contributed by atoms with Gasteiger partial charge in [0, 0.05) is 22.2 Å². The number of thiophene rings is 2. The molecule has 0 aliphatic carbocycles. The van der Waals surface area contributed by atoms with E-state index < -0.39 is 5.97 Å². The maximum absolute atomic E-state index is 10.6. The van der Waals surface area contributed by atoms with Crippen LogP contribution in [-0.4, -0.2) is 21.3 Å². The van der Waals surface area contributed by atoms with Gasteiger partial charge in [0.05, 0.1) is 4.88 Å². The van der Waals surface area contributed by atoms with Crippen molar-refractivity contribution in [3.8, 4) is 10.8 Å². The lowest BCUT2D eigenvalue weighted by Gasteiger charge is -2.03. The lowest BCUT2D eigenvalue weighted by atomic mass is 10.0. The molecule has 3 heterocycles. The van der Waals surface area contributed by atoms with Crippen LogP contribution in [0.1, 0.15) is 19.2 Å². The highest BCUT2D eigenvalue weighted by atomic mass is 32.1. The molecule has 5 nitrogen and oxygen atoms in total. The number of rotatable bonds is 5. The summed E-state index contributed by atoms with van der Waals surface area (Å²) < 4.78 is 8.04. The maximum atomic E-state index is 10.6. The third-order valence-electron chi connectivity index (χ3n) is 2.86. The van der Waals surface area contributed by atoms with Crippen molar-refractivity contribution in [2.75, 3.05) is 0 Å². The minimum Gasteiger partial charge on any atom is -0.481 e. The van der Waals surface area contributed by atoms with Crippen LogP contribution < -0.4 is 0 Å². The van der Waals surface area contributed by atoms with Crippen LogP contribution in [0.4, 0.5) is 0 Å². The number of aromatic nitrogens is 2. The van der Waals surface area contributed by atoms with Crippen LogP contribution in [0.5, 0.6) is 0 Å². The third kappa shape index (κ3) is 2.73. The molecule has 104 valence electrons. The number of hydrogen-bond acceptors (Lipinski definition) is 6. The van der Waals surface area contributed by atoms with E-state index in [4.69, 9.17) is 9.52 Å². The van der Waals surface area contributed by atoms with E-state index in [0.29, 0.717) is 18.2 Å². The number of nitrogens with zero attached hydrogens (tertiary/aromatic N) is 2. The van der Waals surface area contributed by atoms with Gasteiger partial charge in [-0.3, -0.25) is 4.79 Å². The van der Waals surface area contributed by atoms with Crippen molar-refractivity contribution in [2.45, 2.75) is 19.8 Å². The monoisotopic (exact) mass is 308 g/mol. The van der Waals surface area contributed by atoms with Crippen molar-refractivity contribution in [2.24, 2.45) is 5.92 Å². The molecule has 0 aliphatic rings. The van der Waals surface area contributed by atoms with Gasteiger partial charge in [-0.05, 0) is 23.4 Å². The van der Waals surface area contributed by atoms with Crippen molar-refractivity contribution in [3.05, 3.63) is 23.4 Å². The summed E-state index contributed by atoms with van der Waals surface area (Å²) in [4.78, 5) is 11.6. The third-order valence-corrected chi connectivity index (χ3v) is 4.94. The van der Waals surface area contributed by atoms with Crippen LogP contribution in [0.2, 0.25) is 0 Å². The van der Waals surface area contributed by atoms with Gasteiger partial charge in [0.1, 0.15) is 0 Å². The number of fused-ring (bicyclic) bond motifs is 1. The first-order valence-corrected chi connectivity index (χ1v) is 7.83. The maximum Gasteiger partial charge on any atom is 0.303 e. The van der Waals surface area contributed by atoms with E-state index in [1.807, 2.05) is 13.0 Å². The highest BCUT2D eigenvalue weighted by Gasteiger charge is 2.16. The first kappa shape index (κ1) is 13.3. The molecule has 0 aliphatic heterocycles. The van der Waals surface area contributed by atoms with Crippen LogP contribution in [-0.2, 0) is 11.2 Å². The second kappa shape index (κ2) is 5.34. The molecule has 0 aromatic carbocycles. The van der Waals surface area contributed by atoms with Crippen LogP contribution in [0, 0.1) is 5.92 Å². The number of carboxylic acid groups (broad SMARTS) is 1. The van der Waals surface area contributed by atoms with Gasteiger partial charge in [0.25, 0.3) is 5.89 Å². The van der Waals surface area contributed by atoms with Crippen molar-refractivity contribution in [1.82, 2.24) is 10.2 Å². The predicted molar refractivity (Wildman–Crippen MR) is 78.1 cm³/mol. The highest BCUT2D eigenvalue weighted by molar-refractivity contribution is 7.28. The van der Waals surface area contributed by atoms with Crippen LogP contribution in [0.3, 0.4) is 0 Å². The van der Waals surface area contributed by atoms with E-state index in [0.717, 1.165) is 4.88 Å². The van der Waals surface area contributed by atoms with Crippen molar-refractivity contribution in [1.29, 1.82) is 0 Å². The molecule has 3 rings (SSSR count). The Labute approximate surface area is 122 Å². The summed E-state index contributed by atoms with van der Waals surface area (Å²) >= 11 is 3.30. The fourth-order valence-corrected chi connectivity index (χ4v) is 4.01. The number of hydrogen-bond donors (Lipinski definition) is 1. The SMILES string of the molecule is CC(CC(=O)O)Cc1nnc(-c2cc3sccc3s2)o1. The average molecular weight is 308 g/mol. The van der Waals surface area contributed by atoms with Crippen molar-refractivity contribution in [3.63, 3.8) is 0 Å². The zero-order valence-corrected chi connectivity index (χ0v) is 12.3. The summed E-state index contributed by atoms with van der Waals surface area (Å²) in [5, 5.41) is 18.8. The molecule has 1 atom stereocenters. The summed E-state index contributed by atoms with van der Waals surface area (Å²) in [6, 6.07) is 4.11. The molecule has 0 spiro atoms. The molecule has 0 saturated heterocycles. The number of carboxylic acids is 1. The lowest BCUT2D eigenvalue weighted by Crippen LogP contribution is -2.07. The molecule has 0 fully saturated rings. The van der Waals surface area contributed by atoms with Gasteiger partial charge < -0.3 is 9.52 Å². The quantitative estimate of drug-likeness (QED) is 0.778. The van der Waals surface area contributed by atoms with Gasteiger partial charge >= 0.3 is 5.97 Å². The van der Waals surface area contributed by atoms with E-state index in [9.17, 15) is 4.79 Å². The van der Waals surface area contributed by atoms with Gasteiger partial charge in [-0.1, -0.05) is 6.92 Å². The average Bonchev–Trinajstić information content (AvgIpc) is 2.99. The number of aliphatic carboxylic acids is 1. The minimum atomic E-state index is -0.810. The molecular weight excluding hydrogens is 296 g/mol. The zero-order valence-electron chi connectivity index (χ0n) is 10.7. The van der Waals surface area contributed by atoms with Crippen LogP contribution >= 0.6 is 22.7 Å². The Morgan fingerprint density at radius 1 is 1.45 bits per heavy atom. The Morgan fingerprint density at radius 2 is 2.30 bits per heavy atom. The Hall–Kier alpha value is -1.73. The van der Waals surface area contributed by atoms with E-state index in [1.165, 1.54) is 9.40 Å². The Kier molecular flexibility index (Phi) is 3.54. The van der Waals surface area contributed by atoms with Gasteiger partial charge in [-0.25, -0.2) is 0 Å². The highest BCUT2D eigenvalue weighted by Crippen LogP contribution is 2.35. The van der Waals surface area contributed by atoms with Crippen LogP contribution in [0.15, 0.2) is 21.9 Å². The first-order valence-electron chi connectivity index (χ1n) is 6.13. The second-order valence-corrected chi connectivity index (χ2v) is 6.70. The number of carbonyl (C=O) groups is 1. The first-order chi connectivity index (χ1) is 9.61. The Morgan fingerprint density at radius 3 is 3.05 bits per heavy atom. The van der Waals surface area contributed by atoms with Gasteiger partial charge in [0.2, 0.25) is 5.89 Å². The smallest absolute Gasteiger partial charge is 0.303 e. The summed E-state index contributed by atoms with van der Waals surface area (Å²) in [5.41, 5.74) is 0. The molecule has 7 heteroatoms. The Balaban J connectivity index is 1.76. The van der Waals surface area contributed by atoms with Gasteiger partial charge in [-0.2, -0.15) is 0 Å². The molecule has 0 radical (unpaired) electrons. The van der Waals surface area contributed by atoms with Crippen LogP contribution in [0.25, 0.3) is 20.2 Å². The minimum absolute atomic E-state index is 0.0207. The summed E-state index contributed by atoms with van der Waals surface area (Å²) in [6.45, 7) is 1.86. The van der Waals surface area contributed by atoms with E-state index in [1.54, 1.807) is 22.7 Å². The Bertz CT molecular complexity index is 715. The predicted octanol–water partition coefficient (Wildman–Crippen LogP) is 3.67. The second-order valence-electron chi connectivity index (χ2n) is 4.67. The van der Waals surface area contributed by atoms with Crippen molar-refractivity contribution < 1.29 is 14.3 Å². The lowest BCUT2D eigenvalue weighted by molar-refractivity contribution is -0.137. The molecule has 3 aromatic heterocycles. The zero-order chi connectivity index (χ0) is 14.1. The normalized spacial score (nSPS) is 12.8. The molecular formula is C13H12N2O3S2. The van der Waals surface area contributed by atoms with E-state index in [2.05, 4.69) is 21.6 Å². The molecule has 20 heavy (non-hydrogen) atoms. The molecule has 1 N–H and O–H groups in total.